The van der Waals surface area contributed by atoms with Crippen molar-refractivity contribution in [2.24, 2.45) is 11.7 Å². The first kappa shape index (κ1) is 15.0. The van der Waals surface area contributed by atoms with Crippen LogP contribution in [0.1, 0.15) is 24.8 Å². The van der Waals surface area contributed by atoms with E-state index in [2.05, 4.69) is 0 Å². The summed E-state index contributed by atoms with van der Waals surface area (Å²) in [4.78, 5) is 0.111. The SMILES string of the molecule is N#Cc1ccccc1S(=O)(=O)N1CCC(CCN)CC1. The van der Waals surface area contributed by atoms with E-state index < -0.39 is 10.0 Å². The van der Waals surface area contributed by atoms with E-state index >= 15 is 0 Å². The third-order valence-electron chi connectivity index (χ3n) is 3.77. The lowest BCUT2D eigenvalue weighted by Crippen LogP contribution is -2.39. The van der Waals surface area contributed by atoms with Gasteiger partial charge < -0.3 is 5.73 Å². The molecule has 20 heavy (non-hydrogen) atoms. The van der Waals surface area contributed by atoms with E-state index in [4.69, 9.17) is 11.0 Å². The molecule has 0 aliphatic carbocycles. The third kappa shape index (κ3) is 3.01. The van der Waals surface area contributed by atoms with Gasteiger partial charge in [-0.1, -0.05) is 12.1 Å². The average molecular weight is 293 g/mol. The molecule has 6 heteroatoms. The third-order valence-corrected chi connectivity index (χ3v) is 5.73. The van der Waals surface area contributed by atoms with Crippen LogP contribution in [-0.4, -0.2) is 32.4 Å². The molecule has 0 amide bonds. The zero-order valence-corrected chi connectivity index (χ0v) is 12.1. The summed E-state index contributed by atoms with van der Waals surface area (Å²) in [6.45, 7) is 1.66. The minimum absolute atomic E-state index is 0.111. The van der Waals surface area contributed by atoms with Crippen LogP contribution in [0.15, 0.2) is 29.2 Å². The molecular weight excluding hydrogens is 274 g/mol. The van der Waals surface area contributed by atoms with Gasteiger partial charge in [-0.3, -0.25) is 0 Å². The lowest BCUT2D eigenvalue weighted by molar-refractivity contribution is 0.266. The number of nitriles is 1. The Hall–Kier alpha value is -1.42. The number of rotatable bonds is 4. The number of benzene rings is 1. The maximum Gasteiger partial charge on any atom is 0.244 e. The second-order valence-electron chi connectivity index (χ2n) is 5.03. The number of nitrogens with zero attached hydrogens (tertiary/aromatic N) is 2. The fourth-order valence-corrected chi connectivity index (χ4v) is 4.21. The molecular formula is C14H19N3O2S. The lowest BCUT2D eigenvalue weighted by atomic mass is 9.95. The van der Waals surface area contributed by atoms with Crippen molar-refractivity contribution < 1.29 is 8.42 Å². The van der Waals surface area contributed by atoms with Crippen molar-refractivity contribution in [3.8, 4) is 6.07 Å². The van der Waals surface area contributed by atoms with Gasteiger partial charge in [-0.05, 0) is 43.9 Å². The van der Waals surface area contributed by atoms with Gasteiger partial charge in [-0.15, -0.1) is 0 Å². The average Bonchev–Trinajstić information content (AvgIpc) is 2.48. The van der Waals surface area contributed by atoms with Crippen molar-refractivity contribution in [3.05, 3.63) is 29.8 Å². The minimum Gasteiger partial charge on any atom is -0.330 e. The highest BCUT2D eigenvalue weighted by Gasteiger charge is 2.30. The molecule has 1 saturated heterocycles. The van der Waals surface area contributed by atoms with Gasteiger partial charge in [0.1, 0.15) is 6.07 Å². The quantitative estimate of drug-likeness (QED) is 0.906. The summed E-state index contributed by atoms with van der Waals surface area (Å²) in [5, 5.41) is 9.05. The molecule has 0 radical (unpaired) electrons. The molecule has 0 saturated carbocycles. The zero-order valence-electron chi connectivity index (χ0n) is 11.3. The molecule has 108 valence electrons. The molecule has 5 nitrogen and oxygen atoms in total. The maximum absolute atomic E-state index is 12.6. The number of sulfonamides is 1. The van der Waals surface area contributed by atoms with Crippen LogP contribution in [-0.2, 0) is 10.0 Å². The van der Waals surface area contributed by atoms with Gasteiger partial charge in [-0.25, -0.2) is 8.42 Å². The number of piperidine rings is 1. The van der Waals surface area contributed by atoms with Crippen LogP contribution in [0.2, 0.25) is 0 Å². The topological polar surface area (TPSA) is 87.2 Å². The van der Waals surface area contributed by atoms with Crippen LogP contribution in [0.4, 0.5) is 0 Å². The lowest BCUT2D eigenvalue weighted by Gasteiger charge is -2.31. The summed E-state index contributed by atoms with van der Waals surface area (Å²) in [5.74, 6) is 0.512. The Labute approximate surface area is 120 Å². The predicted molar refractivity (Wildman–Crippen MR) is 76.3 cm³/mol. The van der Waals surface area contributed by atoms with Crippen LogP contribution in [0.25, 0.3) is 0 Å². The second-order valence-corrected chi connectivity index (χ2v) is 6.94. The molecule has 1 aromatic carbocycles. The number of nitrogens with two attached hydrogens (primary N) is 1. The molecule has 2 N–H and O–H groups in total. The highest BCUT2D eigenvalue weighted by Crippen LogP contribution is 2.26. The largest absolute Gasteiger partial charge is 0.330 e. The van der Waals surface area contributed by atoms with Crippen molar-refractivity contribution in [1.82, 2.24) is 4.31 Å². The molecule has 1 fully saturated rings. The Morgan fingerprint density at radius 3 is 2.55 bits per heavy atom. The summed E-state index contributed by atoms with van der Waals surface area (Å²) in [6, 6.07) is 8.30. The molecule has 1 aromatic rings. The Morgan fingerprint density at radius 1 is 1.30 bits per heavy atom. The highest BCUT2D eigenvalue weighted by molar-refractivity contribution is 7.89. The van der Waals surface area contributed by atoms with Crippen molar-refractivity contribution in [2.75, 3.05) is 19.6 Å². The summed E-state index contributed by atoms with van der Waals surface area (Å²) in [5.41, 5.74) is 5.75. The van der Waals surface area contributed by atoms with E-state index in [1.54, 1.807) is 12.1 Å². The Bertz CT molecular complexity index is 599. The molecule has 0 unspecified atom stereocenters. The van der Waals surface area contributed by atoms with Gasteiger partial charge in [0.2, 0.25) is 10.0 Å². The van der Waals surface area contributed by atoms with Crippen molar-refractivity contribution >= 4 is 10.0 Å². The van der Waals surface area contributed by atoms with E-state index in [0.29, 0.717) is 25.6 Å². The van der Waals surface area contributed by atoms with Gasteiger partial charge in [0.25, 0.3) is 0 Å². The van der Waals surface area contributed by atoms with Gasteiger partial charge in [0.15, 0.2) is 0 Å². The summed E-state index contributed by atoms with van der Waals surface area (Å²) >= 11 is 0. The Kier molecular flexibility index (Phi) is 4.76. The smallest absolute Gasteiger partial charge is 0.244 e. The second kappa shape index (κ2) is 6.35. The summed E-state index contributed by atoms with van der Waals surface area (Å²) in [6.07, 6.45) is 2.62. The normalized spacial score (nSPS) is 17.8. The monoisotopic (exact) mass is 293 g/mol. The number of hydrogen-bond acceptors (Lipinski definition) is 4. The fraction of sp³-hybridized carbons (Fsp3) is 0.500. The minimum atomic E-state index is -3.56. The first-order valence-corrected chi connectivity index (χ1v) is 8.23. The van der Waals surface area contributed by atoms with E-state index in [9.17, 15) is 8.42 Å². The van der Waals surface area contributed by atoms with Crippen molar-refractivity contribution in [1.29, 1.82) is 5.26 Å². The highest BCUT2D eigenvalue weighted by atomic mass is 32.2. The summed E-state index contributed by atoms with van der Waals surface area (Å²) in [7, 11) is -3.56. The maximum atomic E-state index is 12.6. The van der Waals surface area contributed by atoms with Crippen molar-refractivity contribution in [3.63, 3.8) is 0 Å². The van der Waals surface area contributed by atoms with Gasteiger partial charge in [0, 0.05) is 13.1 Å². The molecule has 0 atom stereocenters. The molecule has 0 spiro atoms. The van der Waals surface area contributed by atoms with Crippen LogP contribution >= 0.6 is 0 Å². The Morgan fingerprint density at radius 2 is 1.95 bits per heavy atom. The van der Waals surface area contributed by atoms with Gasteiger partial charge in [-0.2, -0.15) is 9.57 Å². The first-order valence-electron chi connectivity index (χ1n) is 6.79. The van der Waals surface area contributed by atoms with E-state index in [1.807, 2.05) is 6.07 Å². The van der Waals surface area contributed by atoms with Crippen LogP contribution in [0, 0.1) is 17.2 Å². The molecule has 0 bridgehead atoms. The first-order chi connectivity index (χ1) is 9.59. The predicted octanol–water partition coefficient (Wildman–Crippen LogP) is 1.31. The van der Waals surface area contributed by atoms with Crippen LogP contribution in [0.5, 0.6) is 0 Å². The molecule has 1 aliphatic rings. The molecule has 2 rings (SSSR count). The molecule has 1 aliphatic heterocycles. The van der Waals surface area contributed by atoms with E-state index in [0.717, 1.165) is 19.3 Å². The summed E-state index contributed by atoms with van der Waals surface area (Å²) < 4.78 is 26.6. The Balaban J connectivity index is 2.18. The van der Waals surface area contributed by atoms with E-state index in [-0.39, 0.29) is 10.5 Å². The van der Waals surface area contributed by atoms with Crippen LogP contribution in [0.3, 0.4) is 0 Å². The van der Waals surface area contributed by atoms with Crippen LogP contribution < -0.4 is 5.73 Å². The number of hydrogen-bond donors (Lipinski definition) is 1. The van der Waals surface area contributed by atoms with Crippen molar-refractivity contribution in [2.45, 2.75) is 24.2 Å². The van der Waals surface area contributed by atoms with Gasteiger partial charge in [0.05, 0.1) is 10.5 Å². The van der Waals surface area contributed by atoms with E-state index in [1.165, 1.54) is 16.4 Å². The standard InChI is InChI=1S/C14H19N3O2S/c15-8-5-12-6-9-17(10-7-12)20(18,19)14-4-2-1-3-13(14)11-16/h1-4,12H,5-10,15H2. The molecule has 0 aromatic heterocycles. The zero-order chi connectivity index (χ0) is 14.6. The fourth-order valence-electron chi connectivity index (χ4n) is 2.60. The molecule has 1 heterocycles. The van der Waals surface area contributed by atoms with Gasteiger partial charge >= 0.3 is 0 Å².